The summed E-state index contributed by atoms with van der Waals surface area (Å²) < 4.78 is 77.9. The molecule has 1 N–H and O–H groups in total. The Balaban J connectivity index is 2.41. The Hall–Kier alpha value is -1.97. The molecule has 0 aliphatic carbocycles. The molecule has 0 amide bonds. The lowest BCUT2D eigenvalue weighted by atomic mass is 10.1. The molecule has 4 nitrogen and oxygen atoms in total. The number of benzene rings is 1. The predicted octanol–water partition coefficient (Wildman–Crippen LogP) is 3.68. The maximum absolute atomic E-state index is 12.5. The summed E-state index contributed by atoms with van der Waals surface area (Å²) in [7, 11) is 3.24. The molecule has 0 fully saturated rings. The van der Waals surface area contributed by atoms with Gasteiger partial charge in [0.15, 0.2) is 5.96 Å². The third-order valence-corrected chi connectivity index (χ3v) is 3.29. The SMILES string of the molecule is CN=C(NCCCOCC(F)(F)F)N(C)Cc1ccc(C(F)(F)F)cc1. The van der Waals surface area contributed by atoms with Crippen LogP contribution in [0.25, 0.3) is 0 Å². The Labute approximate surface area is 147 Å². The van der Waals surface area contributed by atoms with Crippen LogP contribution in [0.1, 0.15) is 17.5 Å². The van der Waals surface area contributed by atoms with Crippen LogP contribution in [0, 0.1) is 0 Å². The third kappa shape index (κ3) is 8.41. The molecular formula is C16H21F6N3O. The number of guanidine groups is 1. The topological polar surface area (TPSA) is 36.9 Å². The Morgan fingerprint density at radius 2 is 1.73 bits per heavy atom. The Bertz CT molecular complexity index is 569. The zero-order valence-electron chi connectivity index (χ0n) is 14.4. The van der Waals surface area contributed by atoms with Gasteiger partial charge in [0.25, 0.3) is 0 Å². The Morgan fingerprint density at radius 1 is 1.12 bits per heavy atom. The van der Waals surface area contributed by atoms with E-state index in [0.717, 1.165) is 12.1 Å². The van der Waals surface area contributed by atoms with Gasteiger partial charge in [-0.3, -0.25) is 4.99 Å². The molecule has 1 aromatic carbocycles. The fraction of sp³-hybridized carbons (Fsp3) is 0.562. The second-order valence-corrected chi connectivity index (χ2v) is 5.55. The molecule has 148 valence electrons. The molecule has 0 aliphatic heterocycles. The van der Waals surface area contributed by atoms with E-state index in [1.807, 2.05) is 0 Å². The molecule has 0 atom stereocenters. The highest BCUT2D eigenvalue weighted by molar-refractivity contribution is 5.79. The Kier molecular flexibility index (Phi) is 8.19. The second kappa shape index (κ2) is 9.65. The molecule has 1 aromatic rings. The zero-order chi connectivity index (χ0) is 19.8. The van der Waals surface area contributed by atoms with E-state index in [4.69, 9.17) is 0 Å². The summed E-state index contributed by atoms with van der Waals surface area (Å²) >= 11 is 0. The lowest BCUT2D eigenvalue weighted by Gasteiger charge is -2.22. The van der Waals surface area contributed by atoms with Crippen LogP contribution in [-0.4, -0.2) is 50.9 Å². The van der Waals surface area contributed by atoms with Crippen molar-refractivity contribution in [2.45, 2.75) is 25.3 Å². The van der Waals surface area contributed by atoms with Crippen molar-refractivity contribution in [3.63, 3.8) is 0 Å². The maximum Gasteiger partial charge on any atom is 0.416 e. The minimum absolute atomic E-state index is 0.0495. The van der Waals surface area contributed by atoms with E-state index in [1.165, 1.54) is 19.2 Å². The van der Waals surface area contributed by atoms with Gasteiger partial charge in [-0.1, -0.05) is 12.1 Å². The summed E-state index contributed by atoms with van der Waals surface area (Å²) in [5, 5.41) is 2.96. The highest BCUT2D eigenvalue weighted by Gasteiger charge is 2.30. The minimum atomic E-state index is -4.38. The standard InChI is InChI=1S/C16H21F6N3O/c1-23-14(24-8-3-9-26-11-15(17,18)19)25(2)10-12-4-6-13(7-5-12)16(20,21)22/h4-7H,3,8-11H2,1-2H3,(H,23,24). The van der Waals surface area contributed by atoms with Crippen LogP contribution in [0.5, 0.6) is 0 Å². The van der Waals surface area contributed by atoms with Crippen LogP contribution in [0.3, 0.4) is 0 Å². The lowest BCUT2D eigenvalue weighted by Crippen LogP contribution is -2.39. The van der Waals surface area contributed by atoms with E-state index >= 15 is 0 Å². The quantitative estimate of drug-likeness (QED) is 0.337. The molecule has 0 unspecified atom stereocenters. The fourth-order valence-electron chi connectivity index (χ4n) is 2.09. The van der Waals surface area contributed by atoms with Crippen molar-refractivity contribution in [3.8, 4) is 0 Å². The van der Waals surface area contributed by atoms with Crippen LogP contribution in [0.2, 0.25) is 0 Å². The number of rotatable bonds is 7. The van der Waals surface area contributed by atoms with Crippen molar-refractivity contribution < 1.29 is 31.1 Å². The molecule has 0 aliphatic rings. The van der Waals surface area contributed by atoms with Crippen molar-refractivity contribution >= 4 is 5.96 Å². The van der Waals surface area contributed by atoms with Crippen LogP contribution in [0.15, 0.2) is 29.3 Å². The summed E-state index contributed by atoms with van der Waals surface area (Å²) in [5.74, 6) is 0.473. The van der Waals surface area contributed by atoms with Crippen molar-refractivity contribution in [1.82, 2.24) is 10.2 Å². The zero-order valence-corrected chi connectivity index (χ0v) is 14.4. The van der Waals surface area contributed by atoms with Crippen LogP contribution >= 0.6 is 0 Å². The summed E-state index contributed by atoms with van der Waals surface area (Å²) in [6.45, 7) is -0.661. The van der Waals surface area contributed by atoms with Crippen molar-refractivity contribution in [2.75, 3.05) is 33.9 Å². The molecule has 1 rings (SSSR count). The van der Waals surface area contributed by atoms with Crippen LogP contribution < -0.4 is 5.32 Å². The number of nitrogens with one attached hydrogen (secondary N) is 1. The Morgan fingerprint density at radius 3 is 2.23 bits per heavy atom. The third-order valence-electron chi connectivity index (χ3n) is 3.29. The molecule has 0 bridgehead atoms. The first kappa shape index (κ1) is 22.1. The van der Waals surface area contributed by atoms with E-state index < -0.39 is 24.5 Å². The number of halogens is 6. The van der Waals surface area contributed by atoms with Gasteiger partial charge in [-0.2, -0.15) is 26.3 Å². The molecule has 0 aromatic heterocycles. The van der Waals surface area contributed by atoms with Gasteiger partial charge in [0, 0.05) is 33.8 Å². The fourth-order valence-corrected chi connectivity index (χ4v) is 2.09. The van der Waals surface area contributed by atoms with E-state index in [-0.39, 0.29) is 6.61 Å². The van der Waals surface area contributed by atoms with E-state index in [1.54, 1.807) is 11.9 Å². The summed E-state index contributed by atoms with van der Waals surface area (Å²) in [4.78, 5) is 5.72. The molecule has 0 spiro atoms. The van der Waals surface area contributed by atoms with Gasteiger partial charge < -0.3 is 15.0 Å². The molecule has 0 saturated heterocycles. The van der Waals surface area contributed by atoms with Gasteiger partial charge in [-0.15, -0.1) is 0 Å². The van der Waals surface area contributed by atoms with Gasteiger partial charge in [-0.25, -0.2) is 0 Å². The largest absolute Gasteiger partial charge is 0.416 e. The summed E-state index contributed by atoms with van der Waals surface area (Å²) in [5.41, 5.74) is -0.0535. The average Bonchev–Trinajstić information content (AvgIpc) is 2.52. The number of nitrogens with zero attached hydrogens (tertiary/aromatic N) is 2. The number of alkyl halides is 6. The first-order valence-electron chi connectivity index (χ1n) is 7.75. The van der Waals surface area contributed by atoms with Gasteiger partial charge in [-0.05, 0) is 24.1 Å². The van der Waals surface area contributed by atoms with Crippen LogP contribution in [0.4, 0.5) is 26.3 Å². The number of hydrogen-bond acceptors (Lipinski definition) is 2. The molecular weight excluding hydrogens is 364 g/mol. The summed E-state index contributed by atoms with van der Waals surface area (Å²) in [6, 6.07) is 4.80. The first-order valence-corrected chi connectivity index (χ1v) is 7.75. The second-order valence-electron chi connectivity index (χ2n) is 5.55. The van der Waals surface area contributed by atoms with E-state index in [0.29, 0.717) is 31.0 Å². The number of hydrogen-bond donors (Lipinski definition) is 1. The van der Waals surface area contributed by atoms with Crippen molar-refractivity contribution in [2.24, 2.45) is 4.99 Å². The molecule has 10 heteroatoms. The van der Waals surface area contributed by atoms with E-state index in [2.05, 4.69) is 15.0 Å². The van der Waals surface area contributed by atoms with Gasteiger partial charge in [0.2, 0.25) is 0 Å². The molecule has 0 saturated carbocycles. The smallest absolute Gasteiger partial charge is 0.372 e. The van der Waals surface area contributed by atoms with Gasteiger partial charge in [0.1, 0.15) is 6.61 Å². The highest BCUT2D eigenvalue weighted by Crippen LogP contribution is 2.29. The molecule has 0 radical (unpaired) electrons. The van der Waals surface area contributed by atoms with Gasteiger partial charge in [0.05, 0.1) is 5.56 Å². The molecule has 0 heterocycles. The van der Waals surface area contributed by atoms with Crippen molar-refractivity contribution in [3.05, 3.63) is 35.4 Å². The normalized spacial score (nSPS) is 13.0. The first-order chi connectivity index (χ1) is 12.0. The number of ether oxygens (including phenoxy) is 1. The summed E-state index contributed by atoms with van der Waals surface area (Å²) in [6.07, 6.45) is -8.37. The lowest BCUT2D eigenvalue weighted by molar-refractivity contribution is -0.173. The van der Waals surface area contributed by atoms with Crippen LogP contribution in [-0.2, 0) is 17.5 Å². The molecule has 26 heavy (non-hydrogen) atoms. The average molecular weight is 385 g/mol. The highest BCUT2D eigenvalue weighted by atomic mass is 19.4. The van der Waals surface area contributed by atoms with Crippen molar-refractivity contribution in [1.29, 1.82) is 0 Å². The minimum Gasteiger partial charge on any atom is -0.372 e. The monoisotopic (exact) mass is 385 g/mol. The van der Waals surface area contributed by atoms with Gasteiger partial charge >= 0.3 is 12.4 Å². The predicted molar refractivity (Wildman–Crippen MR) is 85.8 cm³/mol. The maximum atomic E-state index is 12.5. The van der Waals surface area contributed by atoms with E-state index in [9.17, 15) is 26.3 Å². The number of aliphatic imine (C=N–C) groups is 1.